The molecule has 2 unspecified atom stereocenters. The minimum absolute atomic E-state index is 0.309. The highest BCUT2D eigenvalue weighted by molar-refractivity contribution is 6.30. The molecular weight excluding hydrogens is 333 g/mol. The van der Waals surface area contributed by atoms with Gasteiger partial charge in [0.05, 0.1) is 13.7 Å². The quantitative estimate of drug-likeness (QED) is 0.893. The summed E-state index contributed by atoms with van der Waals surface area (Å²) in [6.07, 6.45) is -0.912. The van der Waals surface area contributed by atoms with Crippen LogP contribution in [0.2, 0.25) is 5.02 Å². The molecule has 1 aliphatic heterocycles. The second-order valence-corrected chi connectivity index (χ2v) is 5.90. The maximum Gasteiger partial charge on any atom is 0.162 e. The molecule has 0 saturated carbocycles. The Bertz CT molecular complexity index is 692. The maximum atomic E-state index is 14.3. The highest BCUT2D eigenvalue weighted by Gasteiger charge is 2.30. The topological polar surface area (TPSA) is 39.7 Å². The largest absolute Gasteiger partial charge is 0.493 e. The minimum Gasteiger partial charge on any atom is -0.493 e. The van der Waals surface area contributed by atoms with Crippen molar-refractivity contribution in [1.29, 1.82) is 0 Å². The molecule has 2 aromatic rings. The lowest BCUT2D eigenvalue weighted by Gasteiger charge is -2.32. The lowest BCUT2D eigenvalue weighted by Crippen LogP contribution is -2.43. The van der Waals surface area contributed by atoms with Gasteiger partial charge in [0.2, 0.25) is 0 Å². The predicted molar refractivity (Wildman–Crippen MR) is 90.4 cm³/mol. The molecule has 1 saturated heterocycles. The van der Waals surface area contributed by atoms with Crippen LogP contribution in [0.25, 0.3) is 0 Å². The Morgan fingerprint density at radius 3 is 2.79 bits per heavy atom. The molecule has 0 radical (unpaired) electrons. The molecule has 1 fully saturated rings. The van der Waals surface area contributed by atoms with E-state index in [0.717, 1.165) is 6.54 Å². The number of morpholine rings is 1. The number of hydrogen-bond acceptors (Lipinski definition) is 4. The van der Waals surface area contributed by atoms with Crippen molar-refractivity contribution in [3.05, 3.63) is 58.9 Å². The van der Waals surface area contributed by atoms with Crippen LogP contribution in [0.5, 0.6) is 11.5 Å². The Morgan fingerprint density at radius 1 is 1.25 bits per heavy atom. The summed E-state index contributed by atoms with van der Waals surface area (Å²) >= 11 is 5.99. The molecule has 24 heavy (non-hydrogen) atoms. The summed E-state index contributed by atoms with van der Waals surface area (Å²) in [5, 5.41) is 3.79. The van der Waals surface area contributed by atoms with E-state index in [1.807, 2.05) is 0 Å². The first-order valence-electron chi connectivity index (χ1n) is 7.76. The van der Waals surface area contributed by atoms with Crippen molar-refractivity contribution in [3.8, 4) is 11.5 Å². The van der Waals surface area contributed by atoms with Crippen LogP contribution in [0, 0.1) is 5.82 Å². The lowest BCUT2D eigenvalue weighted by atomic mass is 10.0. The van der Waals surface area contributed by atoms with E-state index in [9.17, 15) is 4.39 Å². The van der Waals surface area contributed by atoms with E-state index in [4.69, 9.17) is 25.8 Å². The van der Waals surface area contributed by atoms with E-state index in [0.29, 0.717) is 35.2 Å². The summed E-state index contributed by atoms with van der Waals surface area (Å²) < 4.78 is 31.6. The molecule has 0 spiro atoms. The van der Waals surface area contributed by atoms with Gasteiger partial charge in [-0.3, -0.25) is 0 Å². The van der Waals surface area contributed by atoms with Gasteiger partial charge < -0.3 is 19.5 Å². The molecule has 2 atom stereocenters. The van der Waals surface area contributed by atoms with E-state index in [-0.39, 0.29) is 11.9 Å². The second-order valence-electron chi connectivity index (χ2n) is 5.47. The third-order valence-electron chi connectivity index (χ3n) is 3.89. The third-order valence-corrected chi connectivity index (χ3v) is 4.12. The molecule has 1 heterocycles. The molecule has 4 nitrogen and oxygen atoms in total. The zero-order valence-electron chi connectivity index (χ0n) is 13.3. The number of methoxy groups -OCH3 is 1. The maximum absolute atomic E-state index is 14.3. The highest BCUT2D eigenvalue weighted by Crippen LogP contribution is 2.36. The van der Waals surface area contributed by atoms with Gasteiger partial charge in [-0.2, -0.15) is 0 Å². The van der Waals surface area contributed by atoms with Crippen molar-refractivity contribution in [2.24, 2.45) is 0 Å². The van der Waals surface area contributed by atoms with Gasteiger partial charge in [0, 0.05) is 29.7 Å². The molecule has 1 aliphatic rings. The van der Waals surface area contributed by atoms with Crippen LogP contribution in [-0.2, 0) is 4.74 Å². The summed E-state index contributed by atoms with van der Waals surface area (Å²) in [6, 6.07) is 11.6. The molecule has 0 aliphatic carbocycles. The van der Waals surface area contributed by atoms with E-state index in [1.54, 1.807) is 36.4 Å². The van der Waals surface area contributed by atoms with E-state index < -0.39 is 6.10 Å². The van der Waals surface area contributed by atoms with Crippen LogP contribution in [-0.4, -0.2) is 32.9 Å². The van der Waals surface area contributed by atoms with Crippen molar-refractivity contribution in [3.63, 3.8) is 0 Å². The van der Waals surface area contributed by atoms with E-state index >= 15 is 0 Å². The Balaban J connectivity index is 1.94. The molecule has 0 aromatic heterocycles. The smallest absolute Gasteiger partial charge is 0.162 e. The van der Waals surface area contributed by atoms with Gasteiger partial charge in [-0.05, 0) is 18.2 Å². The SMILES string of the molecule is COc1cc(Cl)ccc1OC(c1ccccc1F)C1CNCCO1. The van der Waals surface area contributed by atoms with Crippen molar-refractivity contribution < 1.29 is 18.6 Å². The van der Waals surface area contributed by atoms with Gasteiger partial charge in [0.15, 0.2) is 17.6 Å². The zero-order chi connectivity index (χ0) is 16.9. The predicted octanol–water partition coefficient (Wildman–Crippen LogP) is 3.60. The number of halogens is 2. The molecule has 2 aromatic carbocycles. The van der Waals surface area contributed by atoms with Gasteiger partial charge in [0.1, 0.15) is 11.9 Å². The first kappa shape index (κ1) is 17.0. The normalized spacial score (nSPS) is 18.9. The first-order chi connectivity index (χ1) is 11.7. The summed E-state index contributed by atoms with van der Waals surface area (Å²) in [7, 11) is 1.54. The van der Waals surface area contributed by atoms with Gasteiger partial charge >= 0.3 is 0 Å². The Morgan fingerprint density at radius 2 is 2.08 bits per heavy atom. The molecule has 0 bridgehead atoms. The van der Waals surface area contributed by atoms with Gasteiger partial charge in [-0.25, -0.2) is 4.39 Å². The zero-order valence-corrected chi connectivity index (χ0v) is 14.1. The second kappa shape index (κ2) is 7.83. The van der Waals surface area contributed by atoms with Crippen molar-refractivity contribution >= 4 is 11.6 Å². The minimum atomic E-state index is -0.603. The van der Waals surface area contributed by atoms with Crippen molar-refractivity contribution in [2.45, 2.75) is 12.2 Å². The van der Waals surface area contributed by atoms with Crippen LogP contribution in [0.15, 0.2) is 42.5 Å². The Kier molecular flexibility index (Phi) is 5.56. The molecule has 1 N–H and O–H groups in total. The van der Waals surface area contributed by atoms with Crippen LogP contribution in [0.4, 0.5) is 4.39 Å². The van der Waals surface area contributed by atoms with Crippen LogP contribution < -0.4 is 14.8 Å². The third kappa shape index (κ3) is 3.80. The van der Waals surface area contributed by atoms with Crippen LogP contribution in [0.3, 0.4) is 0 Å². The molecule has 128 valence electrons. The summed E-state index contributed by atoms with van der Waals surface area (Å²) in [6.45, 7) is 1.90. The fraction of sp³-hybridized carbons (Fsp3) is 0.333. The lowest BCUT2D eigenvalue weighted by molar-refractivity contribution is -0.0449. The van der Waals surface area contributed by atoms with Crippen molar-refractivity contribution in [2.75, 3.05) is 26.8 Å². The number of benzene rings is 2. The highest BCUT2D eigenvalue weighted by atomic mass is 35.5. The van der Waals surface area contributed by atoms with Crippen molar-refractivity contribution in [1.82, 2.24) is 5.32 Å². The number of ether oxygens (including phenoxy) is 3. The molecular formula is C18H19ClFNO3. The Hall–Kier alpha value is -1.82. The van der Waals surface area contributed by atoms with Gasteiger partial charge in [-0.15, -0.1) is 0 Å². The Labute approximate surface area is 145 Å². The van der Waals surface area contributed by atoms with E-state index in [2.05, 4.69) is 5.32 Å². The standard InChI is InChI=1S/C18H19ClFNO3/c1-22-16-10-12(19)6-7-15(16)24-18(17-11-21-8-9-23-17)13-4-2-3-5-14(13)20/h2-7,10,17-18,21H,8-9,11H2,1H3. The van der Waals surface area contributed by atoms with E-state index in [1.165, 1.54) is 13.2 Å². The number of rotatable bonds is 5. The summed E-state index contributed by atoms with van der Waals surface area (Å²) in [5.74, 6) is 0.654. The molecule has 6 heteroatoms. The fourth-order valence-corrected chi connectivity index (χ4v) is 2.86. The fourth-order valence-electron chi connectivity index (χ4n) is 2.70. The number of nitrogens with one attached hydrogen (secondary N) is 1. The summed E-state index contributed by atoms with van der Waals surface area (Å²) in [4.78, 5) is 0. The molecule has 3 rings (SSSR count). The average Bonchev–Trinajstić information content (AvgIpc) is 2.62. The molecule has 0 amide bonds. The van der Waals surface area contributed by atoms with Crippen LogP contribution >= 0.6 is 11.6 Å². The van der Waals surface area contributed by atoms with Crippen LogP contribution in [0.1, 0.15) is 11.7 Å². The summed E-state index contributed by atoms with van der Waals surface area (Å²) in [5.41, 5.74) is 0.447. The monoisotopic (exact) mass is 351 g/mol. The van der Waals surface area contributed by atoms with Gasteiger partial charge in [0.25, 0.3) is 0 Å². The van der Waals surface area contributed by atoms with Gasteiger partial charge in [-0.1, -0.05) is 29.8 Å². The first-order valence-corrected chi connectivity index (χ1v) is 8.14. The number of hydrogen-bond donors (Lipinski definition) is 1. The average molecular weight is 352 g/mol.